The lowest BCUT2D eigenvalue weighted by Crippen LogP contribution is -2.43. The molecule has 0 aliphatic heterocycles. The van der Waals surface area contributed by atoms with Crippen molar-refractivity contribution in [3.8, 4) is 0 Å². The van der Waals surface area contributed by atoms with Gasteiger partial charge in [0.1, 0.15) is 6.04 Å². The zero-order valence-electron chi connectivity index (χ0n) is 11.7. The van der Waals surface area contributed by atoms with Crippen LogP contribution < -0.4 is 5.32 Å². The monoisotopic (exact) mass is 244 g/mol. The number of carboxylic acid groups (broad SMARTS) is 1. The first kappa shape index (κ1) is 16.4. The molecule has 4 heteroatoms. The minimum absolute atomic E-state index is 0.210. The van der Waals surface area contributed by atoms with Crippen LogP contribution in [-0.4, -0.2) is 47.7 Å². The standard InChI is InChI=1S/C13H28N2O2/c1-5-8-15(9-6-2)10-7-12(13(16)17)14-11(3)4/h11-12,14H,5-10H2,1-4H3,(H,16,17). The van der Waals surface area contributed by atoms with Gasteiger partial charge in [0.05, 0.1) is 0 Å². The normalized spacial score (nSPS) is 13.3. The van der Waals surface area contributed by atoms with E-state index in [-0.39, 0.29) is 6.04 Å². The van der Waals surface area contributed by atoms with Crippen LogP contribution in [0.2, 0.25) is 0 Å². The molecule has 0 aliphatic carbocycles. The second-order valence-electron chi connectivity index (χ2n) is 4.84. The zero-order chi connectivity index (χ0) is 13.3. The maximum absolute atomic E-state index is 11.1. The SMILES string of the molecule is CCCN(CCC)CCC(NC(C)C)C(=O)O. The first-order chi connectivity index (χ1) is 8.01. The molecular weight excluding hydrogens is 216 g/mol. The molecule has 0 spiro atoms. The molecule has 1 unspecified atom stereocenters. The second kappa shape index (κ2) is 9.42. The van der Waals surface area contributed by atoms with Gasteiger partial charge >= 0.3 is 5.97 Å². The highest BCUT2D eigenvalue weighted by atomic mass is 16.4. The van der Waals surface area contributed by atoms with Crippen LogP contribution in [0, 0.1) is 0 Å². The molecule has 0 saturated heterocycles. The van der Waals surface area contributed by atoms with E-state index in [9.17, 15) is 4.79 Å². The van der Waals surface area contributed by atoms with Crippen LogP contribution >= 0.6 is 0 Å². The Balaban J connectivity index is 4.11. The van der Waals surface area contributed by atoms with Crippen LogP contribution in [0.4, 0.5) is 0 Å². The summed E-state index contributed by atoms with van der Waals surface area (Å²) in [6.07, 6.45) is 2.91. The highest BCUT2D eigenvalue weighted by Gasteiger charge is 2.18. The predicted octanol–water partition coefficient (Wildman–Crippen LogP) is 1.95. The molecule has 0 fully saturated rings. The van der Waals surface area contributed by atoms with E-state index in [4.69, 9.17) is 5.11 Å². The molecule has 0 aromatic rings. The molecule has 0 aromatic heterocycles. The summed E-state index contributed by atoms with van der Waals surface area (Å²) >= 11 is 0. The third kappa shape index (κ3) is 8.16. The van der Waals surface area contributed by atoms with Gasteiger partial charge in [-0.3, -0.25) is 4.79 Å². The number of nitrogens with zero attached hydrogens (tertiary/aromatic N) is 1. The van der Waals surface area contributed by atoms with E-state index in [1.54, 1.807) is 0 Å². The summed E-state index contributed by atoms with van der Waals surface area (Å²) < 4.78 is 0. The number of nitrogens with one attached hydrogen (secondary N) is 1. The van der Waals surface area contributed by atoms with Crippen molar-refractivity contribution >= 4 is 5.97 Å². The fourth-order valence-electron chi connectivity index (χ4n) is 1.96. The molecule has 0 saturated carbocycles. The van der Waals surface area contributed by atoms with E-state index in [1.165, 1.54) is 0 Å². The van der Waals surface area contributed by atoms with Gasteiger partial charge in [0.15, 0.2) is 0 Å². The summed E-state index contributed by atoms with van der Waals surface area (Å²) in [7, 11) is 0. The third-order valence-electron chi connectivity index (χ3n) is 2.65. The summed E-state index contributed by atoms with van der Waals surface area (Å²) in [5.41, 5.74) is 0. The Labute approximate surface area is 105 Å². The van der Waals surface area contributed by atoms with Crippen LogP contribution in [0.5, 0.6) is 0 Å². The molecule has 0 bridgehead atoms. The number of carboxylic acids is 1. The van der Waals surface area contributed by atoms with Crippen LogP contribution in [0.25, 0.3) is 0 Å². The fourth-order valence-corrected chi connectivity index (χ4v) is 1.96. The van der Waals surface area contributed by atoms with E-state index in [0.717, 1.165) is 32.5 Å². The highest BCUT2D eigenvalue weighted by Crippen LogP contribution is 2.01. The fraction of sp³-hybridized carbons (Fsp3) is 0.923. The summed E-state index contributed by atoms with van der Waals surface area (Å²) in [5.74, 6) is -0.744. The van der Waals surface area contributed by atoms with Crippen LogP contribution in [-0.2, 0) is 4.79 Å². The molecular formula is C13H28N2O2. The van der Waals surface area contributed by atoms with Crippen LogP contribution in [0.1, 0.15) is 47.0 Å². The molecule has 102 valence electrons. The third-order valence-corrected chi connectivity index (χ3v) is 2.65. The van der Waals surface area contributed by atoms with Crippen LogP contribution in [0.15, 0.2) is 0 Å². The molecule has 17 heavy (non-hydrogen) atoms. The van der Waals surface area contributed by atoms with Crippen molar-refractivity contribution in [2.24, 2.45) is 0 Å². The van der Waals surface area contributed by atoms with Crippen molar-refractivity contribution in [2.45, 2.75) is 59.0 Å². The quantitative estimate of drug-likeness (QED) is 0.617. The number of rotatable bonds is 10. The number of aliphatic carboxylic acids is 1. The van der Waals surface area contributed by atoms with Gasteiger partial charge in [0.25, 0.3) is 0 Å². The van der Waals surface area contributed by atoms with Crippen molar-refractivity contribution in [3.63, 3.8) is 0 Å². The number of hydrogen-bond donors (Lipinski definition) is 2. The zero-order valence-corrected chi connectivity index (χ0v) is 11.7. The Kier molecular flexibility index (Phi) is 9.09. The Bertz CT molecular complexity index is 202. The maximum atomic E-state index is 11.1. The van der Waals surface area contributed by atoms with E-state index in [0.29, 0.717) is 6.42 Å². The van der Waals surface area contributed by atoms with E-state index in [1.807, 2.05) is 13.8 Å². The molecule has 2 N–H and O–H groups in total. The second-order valence-corrected chi connectivity index (χ2v) is 4.84. The minimum Gasteiger partial charge on any atom is -0.480 e. The average molecular weight is 244 g/mol. The lowest BCUT2D eigenvalue weighted by Gasteiger charge is -2.24. The van der Waals surface area contributed by atoms with Gasteiger partial charge in [-0.25, -0.2) is 0 Å². The van der Waals surface area contributed by atoms with Gasteiger partial charge < -0.3 is 15.3 Å². The van der Waals surface area contributed by atoms with Crippen LogP contribution in [0.3, 0.4) is 0 Å². The van der Waals surface area contributed by atoms with Crippen molar-refractivity contribution in [1.82, 2.24) is 10.2 Å². The molecule has 0 rings (SSSR count). The predicted molar refractivity (Wildman–Crippen MR) is 71.3 cm³/mol. The smallest absolute Gasteiger partial charge is 0.320 e. The molecule has 0 aliphatic rings. The summed E-state index contributed by atoms with van der Waals surface area (Å²) in [5, 5.41) is 12.2. The van der Waals surface area contributed by atoms with Crippen molar-refractivity contribution < 1.29 is 9.90 Å². The molecule has 4 nitrogen and oxygen atoms in total. The first-order valence-corrected chi connectivity index (χ1v) is 6.72. The number of hydrogen-bond acceptors (Lipinski definition) is 3. The van der Waals surface area contributed by atoms with Gasteiger partial charge in [0.2, 0.25) is 0 Å². The van der Waals surface area contributed by atoms with Gasteiger partial charge in [-0.15, -0.1) is 0 Å². The Hall–Kier alpha value is -0.610. The van der Waals surface area contributed by atoms with Gasteiger partial charge in [-0.1, -0.05) is 27.7 Å². The Morgan fingerprint density at radius 1 is 1.18 bits per heavy atom. The largest absolute Gasteiger partial charge is 0.480 e. The first-order valence-electron chi connectivity index (χ1n) is 6.72. The maximum Gasteiger partial charge on any atom is 0.320 e. The van der Waals surface area contributed by atoms with Gasteiger partial charge in [-0.05, 0) is 32.4 Å². The molecule has 1 atom stereocenters. The van der Waals surface area contributed by atoms with Gasteiger partial charge in [0, 0.05) is 12.6 Å². The molecule has 0 amide bonds. The van der Waals surface area contributed by atoms with Gasteiger partial charge in [-0.2, -0.15) is 0 Å². The summed E-state index contributed by atoms with van der Waals surface area (Å²) in [4.78, 5) is 13.4. The lowest BCUT2D eigenvalue weighted by molar-refractivity contribution is -0.140. The highest BCUT2D eigenvalue weighted by molar-refractivity contribution is 5.73. The van der Waals surface area contributed by atoms with E-state index in [2.05, 4.69) is 24.1 Å². The lowest BCUT2D eigenvalue weighted by atomic mass is 10.1. The number of carbonyl (C=O) groups is 1. The molecule has 0 aromatic carbocycles. The Morgan fingerprint density at radius 2 is 1.71 bits per heavy atom. The Morgan fingerprint density at radius 3 is 2.06 bits per heavy atom. The van der Waals surface area contributed by atoms with E-state index < -0.39 is 12.0 Å². The van der Waals surface area contributed by atoms with E-state index >= 15 is 0 Å². The average Bonchev–Trinajstić information content (AvgIpc) is 2.23. The topological polar surface area (TPSA) is 52.6 Å². The minimum atomic E-state index is -0.744. The molecule has 0 radical (unpaired) electrons. The summed E-state index contributed by atoms with van der Waals surface area (Å²) in [6.45, 7) is 11.2. The van der Waals surface area contributed by atoms with Crippen molar-refractivity contribution in [3.05, 3.63) is 0 Å². The summed E-state index contributed by atoms with van der Waals surface area (Å²) in [6, 6.07) is -0.215. The van der Waals surface area contributed by atoms with Crippen molar-refractivity contribution in [1.29, 1.82) is 0 Å². The molecule has 0 heterocycles. The van der Waals surface area contributed by atoms with Crippen molar-refractivity contribution in [2.75, 3.05) is 19.6 Å².